The van der Waals surface area contributed by atoms with Crippen LogP contribution in [0.2, 0.25) is 0 Å². The number of nitrogens with one attached hydrogen (secondary N) is 2. The van der Waals surface area contributed by atoms with Crippen molar-refractivity contribution in [3.63, 3.8) is 0 Å². The molecule has 1 aromatic carbocycles. The molecule has 28 heavy (non-hydrogen) atoms. The van der Waals surface area contributed by atoms with Gasteiger partial charge in [-0.1, -0.05) is 15.9 Å². The third-order valence-electron chi connectivity index (χ3n) is 3.67. The molecule has 7 nitrogen and oxygen atoms in total. The lowest BCUT2D eigenvalue weighted by molar-refractivity contribution is 0.0955. The quantitative estimate of drug-likeness (QED) is 0.546. The highest BCUT2D eigenvalue weighted by Gasteiger charge is 2.07. The standard InChI is InChI=1S/C20H16BrN5O2/c21-16-4-6-17(7-5-16)28-18-8-3-15(13-26-18)20(27)25-11-10-24-19-14(12-22)2-1-9-23-19/h1-9,13H,10-11H2,(H,23,24)(H,25,27). The Bertz CT molecular complexity index is 985. The number of hydrogen-bond acceptors (Lipinski definition) is 6. The second-order valence-electron chi connectivity index (χ2n) is 5.64. The number of pyridine rings is 2. The number of ether oxygens (including phenoxy) is 1. The number of carbonyl (C=O) groups excluding carboxylic acids is 1. The lowest BCUT2D eigenvalue weighted by Gasteiger charge is -2.09. The summed E-state index contributed by atoms with van der Waals surface area (Å²) < 4.78 is 6.59. The zero-order valence-electron chi connectivity index (χ0n) is 14.7. The van der Waals surface area contributed by atoms with Gasteiger partial charge in [-0.25, -0.2) is 9.97 Å². The maximum atomic E-state index is 12.2. The van der Waals surface area contributed by atoms with Gasteiger partial charge in [-0.2, -0.15) is 5.26 Å². The molecule has 0 aliphatic carbocycles. The first-order chi connectivity index (χ1) is 13.7. The summed E-state index contributed by atoms with van der Waals surface area (Å²) in [6.07, 6.45) is 3.06. The Balaban J connectivity index is 1.48. The number of amides is 1. The maximum absolute atomic E-state index is 12.2. The predicted octanol–water partition coefficient (Wildman–Crippen LogP) is 3.74. The molecule has 2 N–H and O–H groups in total. The molecule has 0 fully saturated rings. The van der Waals surface area contributed by atoms with Gasteiger partial charge in [0.05, 0.1) is 11.1 Å². The van der Waals surface area contributed by atoms with E-state index in [9.17, 15) is 4.79 Å². The SMILES string of the molecule is N#Cc1cccnc1NCCNC(=O)c1ccc(Oc2ccc(Br)cc2)nc1. The van der Waals surface area contributed by atoms with Gasteiger partial charge in [-0.15, -0.1) is 0 Å². The minimum absolute atomic E-state index is 0.244. The van der Waals surface area contributed by atoms with Gasteiger partial charge in [0.15, 0.2) is 0 Å². The zero-order chi connectivity index (χ0) is 19.8. The molecule has 0 atom stereocenters. The van der Waals surface area contributed by atoms with Crippen molar-refractivity contribution in [3.8, 4) is 17.7 Å². The normalized spacial score (nSPS) is 10.0. The van der Waals surface area contributed by atoms with Gasteiger partial charge in [0, 0.05) is 36.0 Å². The van der Waals surface area contributed by atoms with Crippen molar-refractivity contribution in [3.05, 3.63) is 76.5 Å². The van der Waals surface area contributed by atoms with Crippen LogP contribution >= 0.6 is 15.9 Å². The number of carbonyl (C=O) groups is 1. The fraction of sp³-hybridized carbons (Fsp3) is 0.100. The Morgan fingerprint density at radius 3 is 2.64 bits per heavy atom. The fourth-order valence-electron chi connectivity index (χ4n) is 2.29. The van der Waals surface area contributed by atoms with Gasteiger partial charge in [-0.3, -0.25) is 4.79 Å². The van der Waals surface area contributed by atoms with Gasteiger partial charge in [0.2, 0.25) is 5.88 Å². The smallest absolute Gasteiger partial charge is 0.252 e. The highest BCUT2D eigenvalue weighted by Crippen LogP contribution is 2.21. The van der Waals surface area contributed by atoms with Gasteiger partial charge in [0.1, 0.15) is 17.6 Å². The molecule has 1 amide bonds. The summed E-state index contributed by atoms with van der Waals surface area (Å²) in [7, 11) is 0. The van der Waals surface area contributed by atoms with Crippen LogP contribution < -0.4 is 15.4 Å². The molecule has 0 spiro atoms. The minimum Gasteiger partial charge on any atom is -0.439 e. The number of benzene rings is 1. The Morgan fingerprint density at radius 2 is 1.93 bits per heavy atom. The van der Waals surface area contributed by atoms with Crippen LogP contribution in [0.4, 0.5) is 5.82 Å². The van der Waals surface area contributed by atoms with Gasteiger partial charge >= 0.3 is 0 Å². The number of halogens is 1. The topological polar surface area (TPSA) is 99.9 Å². The Morgan fingerprint density at radius 1 is 1.11 bits per heavy atom. The third-order valence-corrected chi connectivity index (χ3v) is 4.19. The molecule has 3 aromatic rings. The van der Waals surface area contributed by atoms with Crippen molar-refractivity contribution in [1.82, 2.24) is 15.3 Å². The highest BCUT2D eigenvalue weighted by atomic mass is 79.9. The Hall–Kier alpha value is -3.44. The summed E-state index contributed by atoms with van der Waals surface area (Å²) in [5.41, 5.74) is 0.887. The average Bonchev–Trinajstić information content (AvgIpc) is 2.73. The summed E-state index contributed by atoms with van der Waals surface area (Å²) in [5, 5.41) is 14.8. The molecular formula is C20H16BrN5O2. The first kappa shape index (κ1) is 19.3. The lowest BCUT2D eigenvalue weighted by atomic mass is 10.2. The molecule has 0 aliphatic rings. The second kappa shape index (κ2) is 9.48. The first-order valence-electron chi connectivity index (χ1n) is 8.42. The molecule has 0 radical (unpaired) electrons. The largest absolute Gasteiger partial charge is 0.439 e. The molecule has 0 aliphatic heterocycles. The van der Waals surface area contributed by atoms with E-state index >= 15 is 0 Å². The van der Waals surface area contributed by atoms with Crippen LogP contribution in [-0.2, 0) is 0 Å². The second-order valence-corrected chi connectivity index (χ2v) is 6.55. The van der Waals surface area contributed by atoms with Crippen molar-refractivity contribution in [1.29, 1.82) is 5.26 Å². The monoisotopic (exact) mass is 437 g/mol. The molecule has 2 aromatic heterocycles. The van der Waals surface area contributed by atoms with E-state index in [0.717, 1.165) is 4.47 Å². The highest BCUT2D eigenvalue weighted by molar-refractivity contribution is 9.10. The van der Waals surface area contributed by atoms with Crippen LogP contribution in [0.25, 0.3) is 0 Å². The van der Waals surface area contributed by atoms with Crippen molar-refractivity contribution in [2.24, 2.45) is 0 Å². The summed E-state index contributed by atoms with van der Waals surface area (Å²) in [4.78, 5) is 20.5. The van der Waals surface area contributed by atoms with E-state index in [4.69, 9.17) is 10.00 Å². The number of nitrogens with zero attached hydrogens (tertiary/aromatic N) is 3. The van der Waals surface area contributed by atoms with E-state index in [1.807, 2.05) is 24.3 Å². The van der Waals surface area contributed by atoms with Gasteiger partial charge < -0.3 is 15.4 Å². The fourth-order valence-corrected chi connectivity index (χ4v) is 2.56. The average molecular weight is 438 g/mol. The number of rotatable bonds is 7. The first-order valence-corrected chi connectivity index (χ1v) is 9.21. The third kappa shape index (κ3) is 5.28. The maximum Gasteiger partial charge on any atom is 0.252 e. The van der Waals surface area contributed by atoms with E-state index < -0.39 is 0 Å². The molecule has 8 heteroatoms. The van der Waals surface area contributed by atoms with Crippen LogP contribution in [-0.4, -0.2) is 29.0 Å². The molecule has 0 saturated carbocycles. The molecule has 2 heterocycles. The van der Waals surface area contributed by atoms with E-state index in [-0.39, 0.29) is 5.91 Å². The summed E-state index contributed by atoms with van der Waals surface area (Å²) >= 11 is 3.36. The minimum atomic E-state index is -0.244. The lowest BCUT2D eigenvalue weighted by Crippen LogP contribution is -2.29. The van der Waals surface area contributed by atoms with Crippen molar-refractivity contribution in [2.75, 3.05) is 18.4 Å². The van der Waals surface area contributed by atoms with Crippen LogP contribution in [0.5, 0.6) is 11.6 Å². The van der Waals surface area contributed by atoms with E-state index in [1.165, 1.54) is 6.20 Å². The molecule has 0 unspecified atom stereocenters. The Kier molecular flexibility index (Phi) is 6.54. The van der Waals surface area contributed by atoms with Gasteiger partial charge in [0.25, 0.3) is 5.91 Å². The van der Waals surface area contributed by atoms with Crippen LogP contribution in [0.15, 0.2) is 65.4 Å². The van der Waals surface area contributed by atoms with E-state index in [0.29, 0.717) is 41.7 Å². The zero-order valence-corrected chi connectivity index (χ0v) is 16.3. The van der Waals surface area contributed by atoms with E-state index in [1.54, 1.807) is 30.5 Å². The molecule has 0 bridgehead atoms. The summed E-state index contributed by atoms with van der Waals surface area (Å²) in [6.45, 7) is 0.813. The molecule has 0 saturated heterocycles. The Labute approximate surface area is 170 Å². The van der Waals surface area contributed by atoms with Crippen LogP contribution in [0.1, 0.15) is 15.9 Å². The van der Waals surface area contributed by atoms with Crippen LogP contribution in [0, 0.1) is 11.3 Å². The van der Waals surface area contributed by atoms with Crippen molar-refractivity contribution < 1.29 is 9.53 Å². The molecular weight excluding hydrogens is 422 g/mol. The number of hydrogen-bond donors (Lipinski definition) is 2. The van der Waals surface area contributed by atoms with Gasteiger partial charge in [-0.05, 0) is 42.5 Å². The molecule has 140 valence electrons. The number of aromatic nitrogens is 2. The summed E-state index contributed by atoms with van der Waals surface area (Å²) in [5.74, 6) is 1.31. The number of nitriles is 1. The van der Waals surface area contributed by atoms with Crippen molar-refractivity contribution in [2.45, 2.75) is 0 Å². The predicted molar refractivity (Wildman–Crippen MR) is 108 cm³/mol. The number of anilines is 1. The van der Waals surface area contributed by atoms with E-state index in [2.05, 4.69) is 42.6 Å². The van der Waals surface area contributed by atoms with Crippen LogP contribution in [0.3, 0.4) is 0 Å². The summed E-state index contributed by atoms with van der Waals surface area (Å²) in [6, 6.07) is 16.1. The van der Waals surface area contributed by atoms with Crippen molar-refractivity contribution >= 4 is 27.7 Å². The molecule has 3 rings (SSSR count).